The zero-order valence-electron chi connectivity index (χ0n) is 9.92. The molecule has 0 aromatic rings. The van der Waals surface area contributed by atoms with Gasteiger partial charge in [-0.1, -0.05) is 0 Å². The highest BCUT2D eigenvalue weighted by Gasteiger charge is 2.36. The molecular weight excluding hydrogens is 258 g/mol. The highest BCUT2D eigenvalue weighted by atomic mass is 16.5. The minimum absolute atomic E-state index is 0.0312. The monoisotopic (exact) mass is 271 g/mol. The number of imide groups is 1. The molecule has 2 rings (SSSR count). The van der Waals surface area contributed by atoms with Crippen molar-refractivity contribution in [3.8, 4) is 0 Å². The summed E-state index contributed by atoms with van der Waals surface area (Å²) in [6.07, 6.45) is 0. The van der Waals surface area contributed by atoms with E-state index in [0.29, 0.717) is 0 Å². The van der Waals surface area contributed by atoms with Crippen LogP contribution >= 0.6 is 0 Å². The van der Waals surface area contributed by atoms with Gasteiger partial charge in [0, 0.05) is 0 Å². The first-order chi connectivity index (χ1) is 8.99. The summed E-state index contributed by atoms with van der Waals surface area (Å²) in [6, 6.07) is -1.27. The molecule has 2 aliphatic heterocycles. The van der Waals surface area contributed by atoms with Crippen LogP contribution in [0.25, 0.3) is 0 Å². The molecule has 9 heteroatoms. The van der Waals surface area contributed by atoms with E-state index in [9.17, 15) is 19.2 Å². The van der Waals surface area contributed by atoms with E-state index in [1.807, 2.05) is 0 Å². The Morgan fingerprint density at radius 1 is 1.42 bits per heavy atom. The Kier molecular flexibility index (Phi) is 3.65. The smallest absolute Gasteiger partial charge is 0.325 e. The summed E-state index contributed by atoms with van der Waals surface area (Å²) < 4.78 is 4.99. The lowest BCUT2D eigenvalue weighted by Gasteiger charge is -2.17. The summed E-state index contributed by atoms with van der Waals surface area (Å²) in [5, 5.41) is 13.6. The van der Waals surface area contributed by atoms with Crippen molar-refractivity contribution in [1.29, 1.82) is 0 Å². The molecular formula is C10H13N3O6. The van der Waals surface area contributed by atoms with Crippen LogP contribution in [0.15, 0.2) is 0 Å². The van der Waals surface area contributed by atoms with E-state index in [-0.39, 0.29) is 19.8 Å². The molecule has 0 radical (unpaired) electrons. The first-order valence-electron chi connectivity index (χ1n) is 5.67. The van der Waals surface area contributed by atoms with Gasteiger partial charge in [0.2, 0.25) is 5.91 Å². The number of carboxylic acid groups (broad SMARTS) is 1. The van der Waals surface area contributed by atoms with E-state index in [1.165, 1.54) is 0 Å². The molecule has 19 heavy (non-hydrogen) atoms. The number of aliphatic carboxylic acids is 1. The summed E-state index contributed by atoms with van der Waals surface area (Å²) in [5.41, 5.74) is 0. The van der Waals surface area contributed by atoms with Crippen LogP contribution in [0.4, 0.5) is 4.79 Å². The van der Waals surface area contributed by atoms with Gasteiger partial charge in [-0.05, 0) is 0 Å². The van der Waals surface area contributed by atoms with Gasteiger partial charge in [0.05, 0.1) is 25.8 Å². The van der Waals surface area contributed by atoms with Crippen LogP contribution in [0.5, 0.6) is 0 Å². The van der Waals surface area contributed by atoms with Crippen LogP contribution in [0, 0.1) is 5.92 Å². The lowest BCUT2D eigenvalue weighted by atomic mass is 10.0. The highest BCUT2D eigenvalue weighted by molar-refractivity contribution is 6.04. The summed E-state index contributed by atoms with van der Waals surface area (Å²) in [7, 11) is 0. The number of ether oxygens (including phenoxy) is 1. The van der Waals surface area contributed by atoms with Gasteiger partial charge in [0.1, 0.15) is 12.5 Å². The number of nitrogens with one attached hydrogen (secondary N) is 2. The molecule has 0 saturated carbocycles. The highest BCUT2D eigenvalue weighted by Crippen LogP contribution is 2.13. The molecule has 2 atom stereocenters. The molecule has 2 saturated heterocycles. The summed E-state index contributed by atoms with van der Waals surface area (Å²) in [5.74, 6) is -2.95. The van der Waals surface area contributed by atoms with Gasteiger partial charge in [-0.15, -0.1) is 0 Å². The largest absolute Gasteiger partial charge is 0.481 e. The van der Waals surface area contributed by atoms with Crippen molar-refractivity contribution in [2.24, 2.45) is 5.92 Å². The van der Waals surface area contributed by atoms with Crippen molar-refractivity contribution < 1.29 is 29.0 Å². The van der Waals surface area contributed by atoms with Gasteiger partial charge in [0.15, 0.2) is 0 Å². The van der Waals surface area contributed by atoms with Crippen LogP contribution in [-0.4, -0.2) is 66.2 Å². The third kappa shape index (κ3) is 2.81. The molecule has 2 aliphatic rings. The lowest BCUT2D eigenvalue weighted by Crippen LogP contribution is -2.48. The summed E-state index contributed by atoms with van der Waals surface area (Å²) in [6.45, 7) is -0.420. The number of carboxylic acids is 1. The van der Waals surface area contributed by atoms with Gasteiger partial charge in [-0.25, -0.2) is 4.79 Å². The average molecular weight is 271 g/mol. The predicted molar refractivity (Wildman–Crippen MR) is 59.0 cm³/mol. The number of urea groups is 1. The number of carbonyl (C=O) groups is 4. The van der Waals surface area contributed by atoms with E-state index >= 15 is 0 Å². The standard InChI is InChI=1S/C10H13N3O6/c14-7(2-13-8(15)1-11-10(13)18)12-6-4-19-3-5(6)9(16)17/h5-6H,1-4H2,(H,11,18)(H,12,14)(H,16,17). The van der Waals surface area contributed by atoms with Crippen LogP contribution in [-0.2, 0) is 19.1 Å². The lowest BCUT2D eigenvalue weighted by molar-refractivity contribution is -0.142. The quantitative estimate of drug-likeness (QED) is 0.496. The Hall–Kier alpha value is -2.16. The van der Waals surface area contributed by atoms with Crippen LogP contribution < -0.4 is 10.6 Å². The Bertz CT molecular complexity index is 421. The third-order valence-electron chi connectivity index (χ3n) is 2.98. The number of amides is 4. The number of hydrogen-bond donors (Lipinski definition) is 3. The minimum atomic E-state index is -1.06. The van der Waals surface area contributed by atoms with Gasteiger partial charge in [0.25, 0.3) is 5.91 Å². The van der Waals surface area contributed by atoms with Crippen molar-refractivity contribution in [3.63, 3.8) is 0 Å². The Morgan fingerprint density at radius 2 is 2.16 bits per heavy atom. The van der Waals surface area contributed by atoms with Crippen molar-refractivity contribution >= 4 is 23.8 Å². The first-order valence-corrected chi connectivity index (χ1v) is 5.67. The molecule has 0 spiro atoms. The maximum Gasteiger partial charge on any atom is 0.325 e. The molecule has 2 fully saturated rings. The topological polar surface area (TPSA) is 125 Å². The molecule has 0 aliphatic carbocycles. The van der Waals surface area contributed by atoms with E-state index < -0.39 is 42.3 Å². The average Bonchev–Trinajstić information content (AvgIpc) is 2.91. The third-order valence-corrected chi connectivity index (χ3v) is 2.98. The molecule has 9 nitrogen and oxygen atoms in total. The van der Waals surface area contributed by atoms with E-state index in [0.717, 1.165) is 4.90 Å². The maximum absolute atomic E-state index is 11.7. The van der Waals surface area contributed by atoms with Gasteiger partial charge < -0.3 is 20.5 Å². The second-order valence-corrected chi connectivity index (χ2v) is 4.29. The van der Waals surface area contributed by atoms with Gasteiger partial charge in [-0.3, -0.25) is 19.3 Å². The normalized spacial score (nSPS) is 26.4. The van der Waals surface area contributed by atoms with E-state index in [2.05, 4.69) is 10.6 Å². The van der Waals surface area contributed by atoms with Crippen molar-refractivity contribution in [2.75, 3.05) is 26.3 Å². The zero-order valence-corrected chi connectivity index (χ0v) is 9.92. The Morgan fingerprint density at radius 3 is 2.74 bits per heavy atom. The fraction of sp³-hybridized carbons (Fsp3) is 0.600. The first kappa shape index (κ1) is 13.3. The van der Waals surface area contributed by atoms with Gasteiger partial charge >= 0.3 is 12.0 Å². The minimum Gasteiger partial charge on any atom is -0.481 e. The van der Waals surface area contributed by atoms with E-state index in [1.54, 1.807) is 0 Å². The zero-order chi connectivity index (χ0) is 14.0. The predicted octanol–water partition coefficient (Wildman–Crippen LogP) is -2.25. The molecule has 2 unspecified atom stereocenters. The molecule has 0 aromatic carbocycles. The Labute approximate surface area is 107 Å². The fourth-order valence-electron chi connectivity index (χ4n) is 1.95. The van der Waals surface area contributed by atoms with Crippen LogP contribution in [0.2, 0.25) is 0 Å². The van der Waals surface area contributed by atoms with Crippen molar-refractivity contribution in [3.05, 3.63) is 0 Å². The number of carbonyl (C=O) groups excluding carboxylic acids is 3. The van der Waals surface area contributed by atoms with Crippen molar-refractivity contribution in [1.82, 2.24) is 15.5 Å². The summed E-state index contributed by atoms with van der Waals surface area (Å²) in [4.78, 5) is 45.8. The van der Waals surface area contributed by atoms with Crippen molar-refractivity contribution in [2.45, 2.75) is 6.04 Å². The van der Waals surface area contributed by atoms with Gasteiger partial charge in [-0.2, -0.15) is 0 Å². The molecule has 0 aromatic heterocycles. The number of hydrogen-bond acceptors (Lipinski definition) is 5. The van der Waals surface area contributed by atoms with E-state index in [4.69, 9.17) is 9.84 Å². The fourth-order valence-corrected chi connectivity index (χ4v) is 1.95. The van der Waals surface area contributed by atoms with Crippen LogP contribution in [0.1, 0.15) is 0 Å². The maximum atomic E-state index is 11.7. The second kappa shape index (κ2) is 5.22. The van der Waals surface area contributed by atoms with Crippen LogP contribution in [0.3, 0.4) is 0 Å². The molecule has 3 N–H and O–H groups in total. The number of nitrogens with zero attached hydrogens (tertiary/aromatic N) is 1. The summed E-state index contributed by atoms with van der Waals surface area (Å²) >= 11 is 0. The Balaban J connectivity index is 1.89. The molecule has 4 amide bonds. The second-order valence-electron chi connectivity index (χ2n) is 4.29. The molecule has 0 bridgehead atoms. The SMILES string of the molecule is O=C(CN1C(=O)CNC1=O)NC1COCC1C(=O)O. The molecule has 2 heterocycles. The number of rotatable bonds is 4. The molecule has 104 valence electrons.